The summed E-state index contributed by atoms with van der Waals surface area (Å²) in [6, 6.07) is 10.1. The summed E-state index contributed by atoms with van der Waals surface area (Å²) < 4.78 is 6.07. The van der Waals surface area contributed by atoms with Gasteiger partial charge in [-0.25, -0.2) is 0 Å². The lowest BCUT2D eigenvalue weighted by atomic mass is 9.48. The Bertz CT molecular complexity index is 807. The first-order valence-electron chi connectivity index (χ1n) is 10.3. The van der Waals surface area contributed by atoms with E-state index in [4.69, 9.17) is 27.6 Å². The zero-order chi connectivity index (χ0) is 18.6. The largest absolute Gasteiger partial charge is 0.460 e. The Balaban J connectivity index is 1.26. The molecule has 1 aromatic heterocycles. The number of halogens is 2. The molecule has 4 fully saturated rings. The molecular formula is C23H27Cl2NO. The molecule has 2 aromatic rings. The molecule has 1 atom stereocenters. The Morgan fingerprint density at radius 3 is 2.33 bits per heavy atom. The van der Waals surface area contributed by atoms with Crippen molar-refractivity contribution in [2.45, 2.75) is 58.0 Å². The lowest BCUT2D eigenvalue weighted by molar-refractivity contribution is -0.0708. The van der Waals surface area contributed by atoms with E-state index in [-0.39, 0.29) is 0 Å². The molecule has 4 bridgehead atoms. The zero-order valence-corrected chi connectivity index (χ0v) is 17.3. The van der Waals surface area contributed by atoms with Gasteiger partial charge in [0.1, 0.15) is 11.5 Å². The van der Waals surface area contributed by atoms with Crippen molar-refractivity contribution in [3.05, 3.63) is 46.1 Å². The lowest BCUT2D eigenvalue weighted by Gasteiger charge is -2.59. The zero-order valence-electron chi connectivity index (χ0n) is 15.8. The van der Waals surface area contributed by atoms with Crippen molar-refractivity contribution in [1.82, 2.24) is 5.32 Å². The Morgan fingerprint density at radius 2 is 1.70 bits per heavy atom. The molecule has 4 heteroatoms. The third kappa shape index (κ3) is 3.34. The van der Waals surface area contributed by atoms with Gasteiger partial charge in [0, 0.05) is 16.6 Å². The van der Waals surface area contributed by atoms with Crippen molar-refractivity contribution in [1.29, 1.82) is 0 Å². The number of benzene rings is 1. The van der Waals surface area contributed by atoms with Crippen molar-refractivity contribution in [2.75, 3.05) is 0 Å². The van der Waals surface area contributed by atoms with Crippen molar-refractivity contribution in [3.8, 4) is 11.3 Å². The van der Waals surface area contributed by atoms with Gasteiger partial charge in [-0.1, -0.05) is 23.2 Å². The standard InChI is InChI=1S/C23H27Cl2NO/c1-14(23-10-15-6-16(11-23)8-17(7-15)12-23)26-13-19-3-5-22(27-19)20-4-2-18(24)9-21(20)25/h2-5,9,14-17,26H,6-8,10-13H2,1H3. The molecule has 144 valence electrons. The molecule has 1 N–H and O–H groups in total. The molecule has 4 saturated carbocycles. The van der Waals surface area contributed by atoms with E-state index in [1.807, 2.05) is 18.2 Å². The minimum atomic E-state index is 0.518. The molecule has 0 radical (unpaired) electrons. The average Bonchev–Trinajstić information content (AvgIpc) is 3.07. The summed E-state index contributed by atoms with van der Waals surface area (Å²) in [4.78, 5) is 0. The predicted molar refractivity (Wildman–Crippen MR) is 111 cm³/mol. The molecule has 0 saturated heterocycles. The van der Waals surface area contributed by atoms with Crippen LogP contribution in [-0.2, 0) is 6.54 Å². The van der Waals surface area contributed by atoms with Gasteiger partial charge in [-0.3, -0.25) is 0 Å². The van der Waals surface area contributed by atoms with Gasteiger partial charge in [0.05, 0.1) is 11.6 Å². The van der Waals surface area contributed by atoms with Crippen LogP contribution >= 0.6 is 23.2 Å². The summed E-state index contributed by atoms with van der Waals surface area (Å²) in [5.74, 6) is 4.73. The first-order valence-corrected chi connectivity index (χ1v) is 11.0. The molecule has 0 aliphatic heterocycles. The van der Waals surface area contributed by atoms with Crippen molar-refractivity contribution >= 4 is 23.2 Å². The van der Waals surface area contributed by atoms with Gasteiger partial charge >= 0.3 is 0 Å². The molecule has 0 spiro atoms. The van der Waals surface area contributed by atoms with E-state index in [9.17, 15) is 0 Å². The molecular weight excluding hydrogens is 377 g/mol. The summed E-state index contributed by atoms with van der Waals surface area (Å²) in [7, 11) is 0. The third-order valence-electron chi connectivity index (χ3n) is 7.44. The maximum absolute atomic E-state index is 6.32. The predicted octanol–water partition coefficient (Wildman–Crippen LogP) is 6.95. The minimum absolute atomic E-state index is 0.518. The summed E-state index contributed by atoms with van der Waals surface area (Å²) in [6.45, 7) is 3.17. The fourth-order valence-corrected chi connectivity index (χ4v) is 6.99. The second-order valence-corrected chi connectivity index (χ2v) is 10.1. The van der Waals surface area contributed by atoms with Crippen LogP contribution in [0.25, 0.3) is 11.3 Å². The van der Waals surface area contributed by atoms with Crippen molar-refractivity contribution in [2.24, 2.45) is 23.2 Å². The SMILES string of the molecule is CC(NCc1ccc(-c2ccc(Cl)cc2Cl)o1)C12CC3CC(CC(C3)C1)C2. The molecule has 1 heterocycles. The topological polar surface area (TPSA) is 25.2 Å². The Hall–Kier alpha value is -0.960. The van der Waals surface area contributed by atoms with Gasteiger partial charge in [0.2, 0.25) is 0 Å². The Kier molecular flexibility index (Phi) is 4.57. The van der Waals surface area contributed by atoms with E-state index in [1.165, 1.54) is 38.5 Å². The van der Waals surface area contributed by atoms with Gasteiger partial charge in [-0.05, 0) is 98.9 Å². The number of hydrogen-bond acceptors (Lipinski definition) is 2. The summed E-state index contributed by atoms with van der Waals surface area (Å²) in [5, 5.41) is 5.06. The van der Waals surface area contributed by atoms with Crippen LogP contribution in [0.4, 0.5) is 0 Å². The van der Waals surface area contributed by atoms with Gasteiger partial charge in [-0.2, -0.15) is 0 Å². The second-order valence-electron chi connectivity index (χ2n) is 9.27. The first kappa shape index (κ1) is 18.1. The highest BCUT2D eigenvalue weighted by atomic mass is 35.5. The van der Waals surface area contributed by atoms with Gasteiger partial charge < -0.3 is 9.73 Å². The molecule has 27 heavy (non-hydrogen) atoms. The van der Waals surface area contributed by atoms with Crippen LogP contribution in [0.5, 0.6) is 0 Å². The maximum atomic E-state index is 6.32. The van der Waals surface area contributed by atoms with E-state index < -0.39 is 0 Å². The number of nitrogens with one attached hydrogen (secondary N) is 1. The van der Waals surface area contributed by atoms with Crippen molar-refractivity contribution < 1.29 is 4.42 Å². The van der Waals surface area contributed by atoms with E-state index in [0.717, 1.165) is 41.4 Å². The number of rotatable bonds is 5. The fraction of sp³-hybridized carbons (Fsp3) is 0.565. The van der Waals surface area contributed by atoms with E-state index in [2.05, 4.69) is 18.3 Å². The second kappa shape index (κ2) is 6.83. The third-order valence-corrected chi connectivity index (χ3v) is 7.99. The molecule has 2 nitrogen and oxygen atoms in total. The van der Waals surface area contributed by atoms with Crippen LogP contribution in [0, 0.1) is 23.2 Å². The Morgan fingerprint density at radius 1 is 1.04 bits per heavy atom. The van der Waals surface area contributed by atoms with E-state index >= 15 is 0 Å². The van der Waals surface area contributed by atoms with Crippen LogP contribution in [0.3, 0.4) is 0 Å². The average molecular weight is 404 g/mol. The van der Waals surface area contributed by atoms with Gasteiger partial charge in [-0.15, -0.1) is 0 Å². The fourth-order valence-electron chi connectivity index (χ4n) is 6.49. The summed E-state index contributed by atoms with van der Waals surface area (Å²) in [6.07, 6.45) is 8.77. The molecule has 4 aliphatic rings. The van der Waals surface area contributed by atoms with E-state index in [1.54, 1.807) is 6.07 Å². The van der Waals surface area contributed by atoms with Crippen LogP contribution in [0.2, 0.25) is 10.0 Å². The number of furan rings is 1. The molecule has 1 unspecified atom stereocenters. The molecule has 6 rings (SSSR count). The van der Waals surface area contributed by atoms with Crippen LogP contribution in [-0.4, -0.2) is 6.04 Å². The highest BCUT2D eigenvalue weighted by Crippen LogP contribution is 2.61. The molecule has 4 aliphatic carbocycles. The quantitative estimate of drug-likeness (QED) is 0.583. The monoisotopic (exact) mass is 403 g/mol. The van der Waals surface area contributed by atoms with Gasteiger partial charge in [0.25, 0.3) is 0 Å². The summed E-state index contributed by atoms with van der Waals surface area (Å²) >= 11 is 12.3. The molecule has 1 aromatic carbocycles. The first-order chi connectivity index (χ1) is 13.0. The maximum Gasteiger partial charge on any atom is 0.135 e. The van der Waals surface area contributed by atoms with Gasteiger partial charge in [0.15, 0.2) is 0 Å². The van der Waals surface area contributed by atoms with Crippen LogP contribution in [0.15, 0.2) is 34.7 Å². The van der Waals surface area contributed by atoms with Crippen LogP contribution < -0.4 is 5.32 Å². The highest BCUT2D eigenvalue weighted by molar-refractivity contribution is 6.36. The van der Waals surface area contributed by atoms with Crippen molar-refractivity contribution in [3.63, 3.8) is 0 Å². The molecule has 0 amide bonds. The Labute approximate surface area is 171 Å². The smallest absolute Gasteiger partial charge is 0.135 e. The highest BCUT2D eigenvalue weighted by Gasteiger charge is 2.52. The summed E-state index contributed by atoms with van der Waals surface area (Å²) in [5.41, 5.74) is 1.41. The minimum Gasteiger partial charge on any atom is -0.460 e. The van der Waals surface area contributed by atoms with Crippen LogP contribution in [0.1, 0.15) is 51.2 Å². The lowest BCUT2D eigenvalue weighted by Crippen LogP contribution is -2.54. The normalized spacial score (nSPS) is 32.8. The van der Waals surface area contributed by atoms with E-state index in [0.29, 0.717) is 21.5 Å². The number of hydrogen-bond donors (Lipinski definition) is 1.